The minimum absolute atomic E-state index is 0.0676. The van der Waals surface area contributed by atoms with Gasteiger partial charge in [0.15, 0.2) is 0 Å². The van der Waals surface area contributed by atoms with Crippen molar-refractivity contribution in [2.75, 3.05) is 25.1 Å². The molecule has 0 spiro atoms. The second kappa shape index (κ2) is 7.32. The molecule has 2 aliphatic rings. The Morgan fingerprint density at radius 1 is 1.38 bits per heavy atom. The lowest BCUT2D eigenvalue weighted by Gasteiger charge is -2.37. The van der Waals surface area contributed by atoms with Crippen molar-refractivity contribution in [1.82, 2.24) is 4.90 Å². The molecule has 1 aromatic rings. The van der Waals surface area contributed by atoms with Gasteiger partial charge in [-0.3, -0.25) is 9.59 Å². The van der Waals surface area contributed by atoms with Crippen molar-refractivity contribution in [3.63, 3.8) is 0 Å². The van der Waals surface area contributed by atoms with Crippen LogP contribution < -0.4 is 5.32 Å². The lowest BCUT2D eigenvalue weighted by atomic mass is 9.85. The number of aliphatic hydroxyl groups is 1. The number of carbonyl (C=O) groups excluding carboxylic acids is 2. The van der Waals surface area contributed by atoms with Crippen LogP contribution in [-0.4, -0.2) is 47.6 Å². The van der Waals surface area contributed by atoms with Gasteiger partial charge in [0.25, 0.3) is 0 Å². The zero-order chi connectivity index (χ0) is 17.1. The highest BCUT2D eigenvalue weighted by atomic mass is 16.5. The van der Waals surface area contributed by atoms with Gasteiger partial charge in [-0.1, -0.05) is 18.6 Å². The maximum absolute atomic E-state index is 12.0. The highest BCUT2D eigenvalue weighted by Gasteiger charge is 2.33. The van der Waals surface area contributed by atoms with E-state index >= 15 is 0 Å². The average molecular weight is 332 g/mol. The molecule has 6 nitrogen and oxygen atoms in total. The maximum Gasteiger partial charge on any atom is 0.248 e. The predicted molar refractivity (Wildman–Crippen MR) is 89.4 cm³/mol. The molecule has 1 saturated carbocycles. The summed E-state index contributed by atoms with van der Waals surface area (Å²) in [6.45, 7) is 2.82. The molecule has 0 radical (unpaired) electrons. The monoisotopic (exact) mass is 332 g/mol. The zero-order valence-electron chi connectivity index (χ0n) is 13.9. The van der Waals surface area contributed by atoms with Crippen molar-refractivity contribution in [3.8, 4) is 0 Å². The lowest BCUT2D eigenvalue weighted by Crippen LogP contribution is -2.51. The van der Waals surface area contributed by atoms with Crippen molar-refractivity contribution in [2.24, 2.45) is 5.92 Å². The summed E-state index contributed by atoms with van der Waals surface area (Å²) >= 11 is 0. The molecule has 0 aromatic heterocycles. The molecule has 130 valence electrons. The molecule has 1 aromatic carbocycles. The van der Waals surface area contributed by atoms with Gasteiger partial charge >= 0.3 is 0 Å². The first-order chi connectivity index (χ1) is 11.6. The Labute approximate surface area is 141 Å². The Morgan fingerprint density at radius 3 is 2.67 bits per heavy atom. The molecule has 24 heavy (non-hydrogen) atoms. The van der Waals surface area contributed by atoms with E-state index in [1.54, 1.807) is 29.2 Å². The van der Waals surface area contributed by atoms with Crippen LogP contribution in [0.3, 0.4) is 0 Å². The average Bonchev–Trinajstić information content (AvgIpc) is 2.53. The number of aliphatic hydroxyl groups excluding tert-OH is 1. The van der Waals surface area contributed by atoms with Crippen molar-refractivity contribution >= 4 is 17.5 Å². The van der Waals surface area contributed by atoms with Crippen molar-refractivity contribution in [1.29, 1.82) is 0 Å². The second-order valence-corrected chi connectivity index (χ2v) is 6.45. The third-order valence-corrected chi connectivity index (χ3v) is 4.94. The fourth-order valence-corrected chi connectivity index (χ4v) is 3.20. The molecule has 2 atom stereocenters. The van der Waals surface area contributed by atoms with Gasteiger partial charge in [-0.25, -0.2) is 0 Å². The third kappa shape index (κ3) is 3.44. The van der Waals surface area contributed by atoms with Crippen molar-refractivity contribution < 1.29 is 19.4 Å². The standard InChI is InChI=1S/C18H24N2O4/c1-2-20-15(10-24-11-16(20)21)17(22)12-6-8-14(9-7-12)19-18(23)13-4-3-5-13/h6-9,13,15,17,22H,2-5,10-11H2,1H3,(H,19,23). The Hall–Kier alpha value is -1.92. The molecule has 1 aliphatic carbocycles. The van der Waals surface area contributed by atoms with E-state index in [9.17, 15) is 14.7 Å². The van der Waals surface area contributed by atoms with Gasteiger partial charge in [0.1, 0.15) is 12.7 Å². The number of anilines is 1. The van der Waals surface area contributed by atoms with Crippen LogP contribution in [0.1, 0.15) is 37.9 Å². The van der Waals surface area contributed by atoms with Gasteiger partial charge in [0, 0.05) is 18.2 Å². The summed E-state index contributed by atoms with van der Waals surface area (Å²) in [5, 5.41) is 13.5. The van der Waals surface area contributed by atoms with Crippen LogP contribution in [0.15, 0.2) is 24.3 Å². The summed E-state index contributed by atoms with van der Waals surface area (Å²) in [6.07, 6.45) is 2.24. The highest BCUT2D eigenvalue weighted by Crippen LogP contribution is 2.28. The number of hydrogen-bond acceptors (Lipinski definition) is 4. The summed E-state index contributed by atoms with van der Waals surface area (Å²) in [5.74, 6) is 0.106. The highest BCUT2D eigenvalue weighted by molar-refractivity contribution is 5.93. The molecule has 1 heterocycles. The van der Waals surface area contributed by atoms with E-state index in [2.05, 4.69) is 5.32 Å². The molecular formula is C18H24N2O4. The first kappa shape index (κ1) is 16.9. The van der Waals surface area contributed by atoms with Gasteiger partial charge in [0.2, 0.25) is 11.8 Å². The van der Waals surface area contributed by atoms with Crippen LogP contribution in [0.4, 0.5) is 5.69 Å². The van der Waals surface area contributed by atoms with E-state index in [0.717, 1.165) is 24.9 Å². The largest absolute Gasteiger partial charge is 0.386 e. The molecule has 2 fully saturated rings. The van der Waals surface area contributed by atoms with Gasteiger partial charge in [-0.2, -0.15) is 0 Å². The zero-order valence-corrected chi connectivity index (χ0v) is 13.9. The van der Waals surface area contributed by atoms with Crippen LogP contribution in [0.25, 0.3) is 0 Å². The molecule has 0 bridgehead atoms. The topological polar surface area (TPSA) is 78.9 Å². The van der Waals surface area contributed by atoms with E-state index in [0.29, 0.717) is 18.7 Å². The van der Waals surface area contributed by atoms with Crippen LogP contribution in [-0.2, 0) is 14.3 Å². The van der Waals surface area contributed by atoms with E-state index < -0.39 is 6.10 Å². The Kier molecular flexibility index (Phi) is 5.16. The SMILES string of the molecule is CCN1C(=O)COCC1C(O)c1ccc(NC(=O)C2CCC2)cc1. The summed E-state index contributed by atoms with van der Waals surface area (Å²) in [4.78, 5) is 25.5. The van der Waals surface area contributed by atoms with Gasteiger partial charge in [-0.15, -0.1) is 0 Å². The summed E-state index contributed by atoms with van der Waals surface area (Å²) < 4.78 is 5.28. The molecule has 3 rings (SSSR count). The second-order valence-electron chi connectivity index (χ2n) is 6.45. The molecule has 2 unspecified atom stereocenters. The summed E-state index contributed by atoms with van der Waals surface area (Å²) in [5.41, 5.74) is 1.43. The van der Waals surface area contributed by atoms with Crippen molar-refractivity contribution in [2.45, 2.75) is 38.3 Å². The number of rotatable bonds is 5. The van der Waals surface area contributed by atoms with E-state index in [-0.39, 0.29) is 30.4 Å². The number of nitrogens with one attached hydrogen (secondary N) is 1. The van der Waals surface area contributed by atoms with E-state index in [1.165, 1.54) is 0 Å². The van der Waals surface area contributed by atoms with Crippen LogP contribution in [0, 0.1) is 5.92 Å². The molecule has 1 aliphatic heterocycles. The first-order valence-corrected chi connectivity index (χ1v) is 8.56. The van der Waals surface area contributed by atoms with Gasteiger partial charge in [-0.05, 0) is 37.5 Å². The number of benzene rings is 1. The molecular weight excluding hydrogens is 308 g/mol. The van der Waals surface area contributed by atoms with Crippen molar-refractivity contribution in [3.05, 3.63) is 29.8 Å². The fourth-order valence-electron chi connectivity index (χ4n) is 3.20. The number of ether oxygens (including phenoxy) is 1. The van der Waals surface area contributed by atoms with Gasteiger partial charge < -0.3 is 20.1 Å². The van der Waals surface area contributed by atoms with E-state index in [4.69, 9.17) is 4.74 Å². The first-order valence-electron chi connectivity index (χ1n) is 8.56. The fraction of sp³-hybridized carbons (Fsp3) is 0.556. The van der Waals surface area contributed by atoms with Crippen LogP contribution in [0.5, 0.6) is 0 Å². The number of likely N-dealkylation sites (N-methyl/N-ethyl adjacent to an activating group) is 1. The smallest absolute Gasteiger partial charge is 0.248 e. The lowest BCUT2D eigenvalue weighted by molar-refractivity contribution is -0.153. The number of amides is 2. The molecule has 1 saturated heterocycles. The minimum atomic E-state index is -0.814. The summed E-state index contributed by atoms with van der Waals surface area (Å²) in [7, 11) is 0. The number of morpholine rings is 1. The Balaban J connectivity index is 1.65. The quantitative estimate of drug-likeness (QED) is 0.860. The number of nitrogens with zero attached hydrogens (tertiary/aromatic N) is 1. The third-order valence-electron chi connectivity index (χ3n) is 4.94. The van der Waals surface area contributed by atoms with Crippen LogP contribution >= 0.6 is 0 Å². The van der Waals surface area contributed by atoms with Gasteiger partial charge in [0.05, 0.1) is 12.6 Å². The molecule has 2 amide bonds. The molecule has 2 N–H and O–H groups in total. The van der Waals surface area contributed by atoms with Crippen LogP contribution in [0.2, 0.25) is 0 Å². The minimum Gasteiger partial charge on any atom is -0.386 e. The molecule has 6 heteroatoms. The number of carbonyl (C=O) groups is 2. The predicted octanol–water partition coefficient (Wildman–Crippen LogP) is 1.71. The Bertz CT molecular complexity index is 598. The summed E-state index contributed by atoms with van der Waals surface area (Å²) in [6, 6.07) is 6.77. The van der Waals surface area contributed by atoms with E-state index in [1.807, 2.05) is 6.92 Å². The number of hydrogen-bond donors (Lipinski definition) is 2. The normalized spacial score (nSPS) is 22.8. The Morgan fingerprint density at radius 2 is 2.08 bits per heavy atom. The maximum atomic E-state index is 12.0.